The normalized spacial score (nSPS) is 14.3. The van der Waals surface area contributed by atoms with Crippen LogP contribution in [0.2, 0.25) is 0 Å². The van der Waals surface area contributed by atoms with E-state index in [2.05, 4.69) is 6.92 Å². The van der Waals surface area contributed by atoms with Gasteiger partial charge >= 0.3 is 0 Å². The minimum Gasteiger partial charge on any atom is -0.390 e. The number of hydrogen-bond acceptors (Lipinski definition) is 2. The summed E-state index contributed by atoms with van der Waals surface area (Å²) in [6.45, 7) is 2.23. The molecule has 0 aliphatic heterocycles. The maximum atomic E-state index is 10.2. The third kappa shape index (κ3) is 6.22. The molecule has 19 heavy (non-hydrogen) atoms. The van der Waals surface area contributed by atoms with Crippen molar-refractivity contribution in [2.75, 3.05) is 7.11 Å². The van der Waals surface area contributed by atoms with E-state index in [1.807, 2.05) is 30.3 Å². The molecule has 0 aromatic heterocycles. The number of aliphatic hydroxyl groups is 1. The molecule has 0 radical (unpaired) electrons. The Hall–Kier alpha value is -0.860. The van der Waals surface area contributed by atoms with Gasteiger partial charge in [0.25, 0.3) is 0 Å². The molecular formula is C17H28O2. The molecule has 2 atom stereocenters. The Morgan fingerprint density at radius 2 is 1.63 bits per heavy atom. The molecule has 1 aromatic carbocycles. The maximum absolute atomic E-state index is 10.2. The van der Waals surface area contributed by atoms with Gasteiger partial charge in [-0.2, -0.15) is 0 Å². The van der Waals surface area contributed by atoms with E-state index in [1.165, 1.54) is 32.1 Å². The lowest BCUT2D eigenvalue weighted by molar-refractivity contribution is -0.0183. The van der Waals surface area contributed by atoms with Crippen LogP contribution < -0.4 is 0 Å². The van der Waals surface area contributed by atoms with E-state index in [9.17, 15) is 5.11 Å². The predicted molar refractivity (Wildman–Crippen MR) is 80.2 cm³/mol. The number of unbranched alkanes of at least 4 members (excludes halogenated alkanes) is 5. The molecule has 0 bridgehead atoms. The lowest BCUT2D eigenvalue weighted by Gasteiger charge is -2.22. The number of aliphatic hydroxyl groups excluding tert-OH is 1. The first kappa shape index (κ1) is 16.2. The maximum Gasteiger partial charge on any atom is 0.108 e. The highest BCUT2D eigenvalue weighted by atomic mass is 16.5. The molecule has 1 N–H and O–H groups in total. The van der Waals surface area contributed by atoms with Crippen molar-refractivity contribution in [3.05, 3.63) is 35.9 Å². The van der Waals surface area contributed by atoms with Crippen LogP contribution in [0.5, 0.6) is 0 Å². The van der Waals surface area contributed by atoms with Crippen LogP contribution in [0.4, 0.5) is 0 Å². The first-order valence-electron chi connectivity index (χ1n) is 7.55. The molecule has 0 unspecified atom stereocenters. The van der Waals surface area contributed by atoms with E-state index < -0.39 is 6.10 Å². The fourth-order valence-electron chi connectivity index (χ4n) is 2.44. The summed E-state index contributed by atoms with van der Waals surface area (Å²) < 4.78 is 5.44. The molecule has 0 spiro atoms. The molecule has 0 saturated heterocycles. The third-order valence-electron chi connectivity index (χ3n) is 3.58. The Morgan fingerprint density at radius 1 is 1.00 bits per heavy atom. The molecule has 1 rings (SSSR count). The highest BCUT2D eigenvalue weighted by molar-refractivity contribution is 5.18. The van der Waals surface area contributed by atoms with Gasteiger partial charge in [0, 0.05) is 7.11 Å². The van der Waals surface area contributed by atoms with E-state index in [0.717, 1.165) is 18.4 Å². The fourth-order valence-corrected chi connectivity index (χ4v) is 2.44. The summed E-state index contributed by atoms with van der Waals surface area (Å²) in [6.07, 6.45) is 7.72. The summed E-state index contributed by atoms with van der Waals surface area (Å²) in [6, 6.07) is 9.98. The number of benzene rings is 1. The number of rotatable bonds is 10. The SMILES string of the molecule is CCCCCCCC[C@H](O)[C@H](OC)c1ccccc1. The van der Waals surface area contributed by atoms with Gasteiger partial charge in [-0.05, 0) is 12.0 Å². The Bertz CT molecular complexity index is 310. The van der Waals surface area contributed by atoms with Gasteiger partial charge in [-0.1, -0.05) is 75.8 Å². The van der Waals surface area contributed by atoms with Gasteiger partial charge in [0.2, 0.25) is 0 Å². The van der Waals surface area contributed by atoms with E-state index >= 15 is 0 Å². The van der Waals surface area contributed by atoms with Crippen LogP contribution in [0.25, 0.3) is 0 Å². The van der Waals surface area contributed by atoms with Crippen molar-refractivity contribution in [3.63, 3.8) is 0 Å². The summed E-state index contributed by atoms with van der Waals surface area (Å²) >= 11 is 0. The monoisotopic (exact) mass is 264 g/mol. The summed E-state index contributed by atoms with van der Waals surface area (Å²) in [4.78, 5) is 0. The second-order valence-corrected chi connectivity index (χ2v) is 5.19. The van der Waals surface area contributed by atoms with E-state index in [-0.39, 0.29) is 6.10 Å². The van der Waals surface area contributed by atoms with Crippen LogP contribution in [0.3, 0.4) is 0 Å². The van der Waals surface area contributed by atoms with Crippen molar-refractivity contribution in [2.45, 2.75) is 64.1 Å². The van der Waals surface area contributed by atoms with Gasteiger partial charge in [0.1, 0.15) is 6.10 Å². The summed E-state index contributed by atoms with van der Waals surface area (Å²) in [5, 5.41) is 10.2. The fraction of sp³-hybridized carbons (Fsp3) is 0.647. The molecule has 2 nitrogen and oxygen atoms in total. The lowest BCUT2D eigenvalue weighted by atomic mass is 9.99. The molecule has 2 heteroatoms. The predicted octanol–water partition coefficient (Wildman–Crippen LogP) is 4.49. The quantitative estimate of drug-likeness (QED) is 0.631. The minimum absolute atomic E-state index is 0.197. The van der Waals surface area contributed by atoms with E-state index in [1.54, 1.807) is 7.11 Å². The number of methoxy groups -OCH3 is 1. The number of hydrogen-bond donors (Lipinski definition) is 1. The van der Waals surface area contributed by atoms with Crippen molar-refractivity contribution in [2.24, 2.45) is 0 Å². The molecule has 0 amide bonds. The molecule has 0 heterocycles. The molecule has 1 aromatic rings. The van der Waals surface area contributed by atoms with Crippen molar-refractivity contribution >= 4 is 0 Å². The second kappa shape index (κ2) is 9.99. The Morgan fingerprint density at radius 3 is 2.26 bits per heavy atom. The second-order valence-electron chi connectivity index (χ2n) is 5.19. The van der Waals surface area contributed by atoms with Crippen molar-refractivity contribution < 1.29 is 9.84 Å². The highest BCUT2D eigenvalue weighted by Gasteiger charge is 2.19. The molecular weight excluding hydrogens is 236 g/mol. The van der Waals surface area contributed by atoms with Gasteiger partial charge in [0.05, 0.1) is 6.10 Å². The van der Waals surface area contributed by atoms with Crippen LogP contribution in [0, 0.1) is 0 Å². The van der Waals surface area contributed by atoms with Crippen LogP contribution >= 0.6 is 0 Å². The zero-order valence-electron chi connectivity index (χ0n) is 12.3. The van der Waals surface area contributed by atoms with E-state index in [4.69, 9.17) is 4.74 Å². The largest absolute Gasteiger partial charge is 0.390 e. The zero-order chi connectivity index (χ0) is 13.9. The first-order valence-corrected chi connectivity index (χ1v) is 7.55. The van der Waals surface area contributed by atoms with Gasteiger partial charge in [-0.15, -0.1) is 0 Å². The van der Waals surface area contributed by atoms with Crippen LogP contribution in [-0.4, -0.2) is 18.3 Å². The summed E-state index contributed by atoms with van der Waals surface area (Å²) in [7, 11) is 1.67. The molecule has 0 aliphatic carbocycles. The molecule has 0 aliphatic rings. The smallest absolute Gasteiger partial charge is 0.108 e. The van der Waals surface area contributed by atoms with Gasteiger partial charge in [0.15, 0.2) is 0 Å². The van der Waals surface area contributed by atoms with E-state index in [0.29, 0.717) is 0 Å². The van der Waals surface area contributed by atoms with Crippen LogP contribution in [0.1, 0.15) is 63.5 Å². The Balaban J connectivity index is 2.28. The molecule has 108 valence electrons. The zero-order valence-corrected chi connectivity index (χ0v) is 12.3. The molecule has 0 fully saturated rings. The minimum atomic E-state index is -0.404. The first-order chi connectivity index (χ1) is 9.29. The average molecular weight is 264 g/mol. The topological polar surface area (TPSA) is 29.5 Å². The van der Waals surface area contributed by atoms with Crippen molar-refractivity contribution in [3.8, 4) is 0 Å². The van der Waals surface area contributed by atoms with Gasteiger partial charge in [-0.25, -0.2) is 0 Å². The highest BCUT2D eigenvalue weighted by Crippen LogP contribution is 2.24. The lowest BCUT2D eigenvalue weighted by Crippen LogP contribution is -2.20. The Labute approximate surface area is 117 Å². The van der Waals surface area contributed by atoms with Crippen molar-refractivity contribution in [1.82, 2.24) is 0 Å². The standard InChI is InChI=1S/C17H28O2/c1-3-4-5-6-7-11-14-16(18)17(19-2)15-12-9-8-10-13-15/h8-10,12-13,16-18H,3-7,11,14H2,1-2H3/t16-,17+/m0/s1. The van der Waals surface area contributed by atoms with Gasteiger partial charge in [-0.3, -0.25) is 0 Å². The molecule has 0 saturated carbocycles. The van der Waals surface area contributed by atoms with Crippen LogP contribution in [0.15, 0.2) is 30.3 Å². The van der Waals surface area contributed by atoms with Gasteiger partial charge < -0.3 is 9.84 Å². The van der Waals surface area contributed by atoms with Crippen LogP contribution in [-0.2, 0) is 4.74 Å². The van der Waals surface area contributed by atoms with Crippen molar-refractivity contribution in [1.29, 1.82) is 0 Å². The Kier molecular flexibility index (Phi) is 8.52. The summed E-state index contributed by atoms with van der Waals surface area (Å²) in [5.41, 5.74) is 1.06. The third-order valence-corrected chi connectivity index (χ3v) is 3.58. The average Bonchev–Trinajstić information content (AvgIpc) is 2.45. The number of ether oxygens (including phenoxy) is 1. The summed E-state index contributed by atoms with van der Waals surface area (Å²) in [5.74, 6) is 0.